The zero-order valence-corrected chi connectivity index (χ0v) is 18.3. The lowest BCUT2D eigenvalue weighted by atomic mass is 9.99. The molecule has 2 aromatic rings. The number of carboxylic acid groups (broad SMARTS) is 1. The van der Waals surface area contributed by atoms with E-state index in [0.29, 0.717) is 34.3 Å². The lowest BCUT2D eigenvalue weighted by molar-refractivity contribution is -0.143. The molecule has 0 bridgehead atoms. The maximum absolute atomic E-state index is 12.5. The highest BCUT2D eigenvalue weighted by molar-refractivity contribution is 5.90. The monoisotopic (exact) mass is 432 g/mol. The molecule has 31 heavy (non-hydrogen) atoms. The van der Waals surface area contributed by atoms with E-state index in [9.17, 15) is 24.3 Å². The van der Waals surface area contributed by atoms with E-state index in [1.807, 2.05) is 6.92 Å². The van der Waals surface area contributed by atoms with Crippen LogP contribution in [0.15, 0.2) is 21.3 Å². The molecule has 9 nitrogen and oxygen atoms in total. The van der Waals surface area contributed by atoms with Crippen molar-refractivity contribution in [3.63, 3.8) is 0 Å². The van der Waals surface area contributed by atoms with Crippen molar-refractivity contribution in [2.75, 3.05) is 13.7 Å². The zero-order valence-electron chi connectivity index (χ0n) is 18.3. The van der Waals surface area contributed by atoms with Crippen molar-refractivity contribution < 1.29 is 28.6 Å². The van der Waals surface area contributed by atoms with Crippen LogP contribution in [0.25, 0.3) is 11.0 Å². The van der Waals surface area contributed by atoms with Gasteiger partial charge in [-0.25, -0.2) is 9.59 Å². The Balaban J connectivity index is 2.11. The number of nitrogens with one attached hydrogen (secondary N) is 2. The van der Waals surface area contributed by atoms with Crippen molar-refractivity contribution >= 4 is 28.8 Å². The normalized spacial score (nSPS) is 12.8. The molecule has 1 aromatic heterocycles. The summed E-state index contributed by atoms with van der Waals surface area (Å²) in [5, 5.41) is 14.8. The molecule has 0 spiro atoms. The minimum absolute atomic E-state index is 0.193. The summed E-state index contributed by atoms with van der Waals surface area (Å²) in [6.07, 6.45) is 0.308. The summed E-state index contributed by atoms with van der Waals surface area (Å²) in [5.74, 6) is -1.98. The Hall–Kier alpha value is -3.36. The van der Waals surface area contributed by atoms with Gasteiger partial charge in [0, 0.05) is 10.9 Å². The average Bonchev–Trinajstić information content (AvgIpc) is 2.73. The van der Waals surface area contributed by atoms with E-state index in [1.165, 1.54) is 7.11 Å². The van der Waals surface area contributed by atoms with E-state index in [2.05, 4.69) is 10.6 Å². The number of carboxylic acids is 1. The van der Waals surface area contributed by atoms with Crippen LogP contribution in [0.3, 0.4) is 0 Å². The van der Waals surface area contributed by atoms with Crippen molar-refractivity contribution in [1.82, 2.24) is 10.6 Å². The molecule has 0 saturated heterocycles. The Kier molecular flexibility index (Phi) is 7.79. The van der Waals surface area contributed by atoms with Crippen LogP contribution in [0, 0.1) is 19.8 Å². The fourth-order valence-electron chi connectivity index (χ4n) is 3.31. The molecule has 0 aliphatic carbocycles. The Morgan fingerprint density at radius 2 is 1.84 bits per heavy atom. The summed E-state index contributed by atoms with van der Waals surface area (Å²) in [5.41, 5.74) is 1.25. The van der Waals surface area contributed by atoms with Gasteiger partial charge in [0.15, 0.2) is 0 Å². The maximum Gasteiger partial charge on any atom is 0.340 e. The molecular weight excluding hydrogens is 404 g/mol. The summed E-state index contributed by atoms with van der Waals surface area (Å²) >= 11 is 0. The van der Waals surface area contributed by atoms with Crippen molar-refractivity contribution in [2.45, 2.75) is 46.6 Å². The summed E-state index contributed by atoms with van der Waals surface area (Å²) in [7, 11) is 1.52. The van der Waals surface area contributed by atoms with Crippen LogP contribution in [0.4, 0.5) is 0 Å². The van der Waals surface area contributed by atoms with E-state index < -0.39 is 36.0 Å². The van der Waals surface area contributed by atoms with E-state index in [-0.39, 0.29) is 17.9 Å². The minimum atomic E-state index is -1.13. The molecule has 1 heterocycles. The number of hydrogen-bond donors (Lipinski definition) is 3. The van der Waals surface area contributed by atoms with Crippen molar-refractivity contribution in [3.8, 4) is 5.75 Å². The minimum Gasteiger partial charge on any atom is -0.496 e. The lowest BCUT2D eigenvalue weighted by Crippen LogP contribution is -2.48. The van der Waals surface area contributed by atoms with Crippen molar-refractivity contribution in [1.29, 1.82) is 0 Å². The van der Waals surface area contributed by atoms with Crippen LogP contribution in [0.5, 0.6) is 5.75 Å². The van der Waals surface area contributed by atoms with Gasteiger partial charge in [-0.15, -0.1) is 0 Å². The van der Waals surface area contributed by atoms with E-state index in [1.54, 1.807) is 32.9 Å². The maximum atomic E-state index is 12.5. The van der Waals surface area contributed by atoms with Crippen LogP contribution in [-0.4, -0.2) is 42.6 Å². The largest absolute Gasteiger partial charge is 0.496 e. The summed E-state index contributed by atoms with van der Waals surface area (Å²) in [6, 6.07) is 2.48. The highest BCUT2D eigenvalue weighted by Crippen LogP contribution is 2.29. The molecule has 0 fully saturated rings. The lowest BCUT2D eigenvalue weighted by Gasteiger charge is -2.20. The highest BCUT2D eigenvalue weighted by Gasteiger charge is 2.25. The third-order valence-electron chi connectivity index (χ3n) is 5.45. The number of benzene rings is 1. The number of rotatable bonds is 9. The molecule has 2 amide bonds. The topological polar surface area (TPSA) is 135 Å². The van der Waals surface area contributed by atoms with Gasteiger partial charge in [-0.2, -0.15) is 0 Å². The van der Waals surface area contributed by atoms with Gasteiger partial charge in [-0.3, -0.25) is 9.59 Å². The number of amides is 2. The number of ether oxygens (including phenoxy) is 1. The van der Waals surface area contributed by atoms with Gasteiger partial charge in [-0.1, -0.05) is 20.3 Å². The molecule has 0 radical (unpaired) electrons. The first-order valence-corrected chi connectivity index (χ1v) is 9.99. The molecular formula is C22H28N2O7. The second kappa shape index (κ2) is 10.1. The number of aliphatic carboxylic acids is 1. The predicted molar refractivity (Wildman–Crippen MR) is 114 cm³/mol. The third kappa shape index (κ3) is 5.42. The molecule has 2 atom stereocenters. The molecule has 0 unspecified atom stereocenters. The van der Waals surface area contributed by atoms with Crippen molar-refractivity contribution in [3.05, 3.63) is 39.2 Å². The standard InChI is InChI=1S/C22H28N2O7/c1-6-11(2)19(21(27)28)24-18(26)10-23-17(25)9-15-12(3)14-7-8-16(30-5)13(4)20(14)31-22(15)29/h7-8,11,19H,6,9-10H2,1-5H3,(H,23,25)(H,24,26)(H,27,28)/t11-,19+/m0/s1. The van der Waals surface area contributed by atoms with Gasteiger partial charge in [0.1, 0.15) is 17.4 Å². The molecule has 9 heteroatoms. The second-order valence-corrected chi connectivity index (χ2v) is 7.49. The fourth-order valence-corrected chi connectivity index (χ4v) is 3.31. The van der Waals surface area contributed by atoms with Gasteiger partial charge in [-0.05, 0) is 37.5 Å². The highest BCUT2D eigenvalue weighted by atomic mass is 16.5. The first-order chi connectivity index (χ1) is 14.6. The number of carbonyl (C=O) groups is 3. The van der Waals surface area contributed by atoms with Gasteiger partial charge in [0.05, 0.1) is 25.6 Å². The third-order valence-corrected chi connectivity index (χ3v) is 5.45. The Labute approximate surface area is 179 Å². The van der Waals surface area contributed by atoms with Gasteiger partial charge >= 0.3 is 11.6 Å². The number of carbonyl (C=O) groups excluding carboxylic acids is 2. The first kappa shape index (κ1) is 23.9. The summed E-state index contributed by atoms with van der Waals surface area (Å²) in [6.45, 7) is 6.65. The van der Waals surface area contributed by atoms with Crippen LogP contribution in [0.1, 0.15) is 37.0 Å². The summed E-state index contributed by atoms with van der Waals surface area (Å²) in [4.78, 5) is 48.2. The Morgan fingerprint density at radius 1 is 1.16 bits per heavy atom. The average molecular weight is 432 g/mol. The van der Waals surface area contributed by atoms with Crippen LogP contribution < -0.4 is 21.0 Å². The fraction of sp³-hybridized carbons (Fsp3) is 0.455. The smallest absolute Gasteiger partial charge is 0.340 e. The Bertz CT molecular complexity index is 1060. The quantitative estimate of drug-likeness (QED) is 0.513. The molecule has 168 valence electrons. The number of fused-ring (bicyclic) bond motifs is 1. The first-order valence-electron chi connectivity index (χ1n) is 9.99. The van der Waals surface area contributed by atoms with E-state index in [0.717, 1.165) is 0 Å². The van der Waals surface area contributed by atoms with Crippen LogP contribution in [0.2, 0.25) is 0 Å². The Morgan fingerprint density at radius 3 is 2.42 bits per heavy atom. The number of methoxy groups -OCH3 is 1. The molecule has 3 N–H and O–H groups in total. The molecule has 0 saturated carbocycles. The summed E-state index contributed by atoms with van der Waals surface area (Å²) < 4.78 is 10.7. The van der Waals surface area contributed by atoms with E-state index in [4.69, 9.17) is 9.15 Å². The predicted octanol–water partition coefficient (Wildman–Crippen LogP) is 1.69. The van der Waals surface area contributed by atoms with Gasteiger partial charge < -0.3 is 24.9 Å². The molecule has 0 aliphatic rings. The van der Waals surface area contributed by atoms with Gasteiger partial charge in [0.2, 0.25) is 11.8 Å². The van der Waals surface area contributed by atoms with E-state index >= 15 is 0 Å². The number of aryl methyl sites for hydroxylation is 2. The molecule has 0 aliphatic heterocycles. The SMILES string of the molecule is CC[C@H](C)[C@@H](NC(=O)CNC(=O)Cc1c(C)c2ccc(OC)c(C)c2oc1=O)C(=O)O. The van der Waals surface area contributed by atoms with Crippen LogP contribution in [-0.2, 0) is 20.8 Å². The number of hydrogen-bond acceptors (Lipinski definition) is 6. The van der Waals surface area contributed by atoms with Crippen LogP contribution >= 0.6 is 0 Å². The molecule has 2 rings (SSSR count). The van der Waals surface area contributed by atoms with Gasteiger partial charge in [0.25, 0.3) is 0 Å². The van der Waals surface area contributed by atoms with Crippen molar-refractivity contribution in [2.24, 2.45) is 5.92 Å². The molecule has 1 aromatic carbocycles. The zero-order chi connectivity index (χ0) is 23.3. The second-order valence-electron chi connectivity index (χ2n) is 7.49.